The number of nitrogens with two attached hydrogens (primary N) is 1. The fourth-order valence-corrected chi connectivity index (χ4v) is 2.64. The van der Waals surface area contributed by atoms with Crippen LogP contribution < -0.4 is 10.5 Å². The highest BCUT2D eigenvalue weighted by atomic mass is 32.1. The Kier molecular flexibility index (Phi) is 4.58. The number of rotatable bonds is 6. The number of hydrogen-bond donors (Lipinski definition) is 2. The van der Waals surface area contributed by atoms with E-state index < -0.39 is 0 Å². The molecule has 0 fully saturated rings. The Balaban J connectivity index is 1.90. The van der Waals surface area contributed by atoms with Crippen LogP contribution in [0, 0.1) is 5.41 Å². The molecule has 1 heterocycles. The van der Waals surface area contributed by atoms with E-state index in [1.165, 1.54) is 9.75 Å². The van der Waals surface area contributed by atoms with E-state index in [1.807, 2.05) is 24.3 Å². The first-order valence-corrected chi connectivity index (χ1v) is 7.11. The number of amidine groups is 1. The number of nitrogens with one attached hydrogen (secondary N) is 1. The Morgan fingerprint density at radius 1 is 1.16 bits per heavy atom. The summed E-state index contributed by atoms with van der Waals surface area (Å²) in [7, 11) is 0. The number of aryl methyl sites for hydroxylation is 1. The highest BCUT2D eigenvalue weighted by Crippen LogP contribution is 2.20. The highest BCUT2D eigenvalue weighted by molar-refractivity contribution is 7.11. The van der Waals surface area contributed by atoms with Crippen LogP contribution in [0.1, 0.15) is 22.2 Å². The molecule has 1 aromatic heterocycles. The van der Waals surface area contributed by atoms with Gasteiger partial charge in [0.2, 0.25) is 0 Å². The minimum atomic E-state index is 0.180. The van der Waals surface area contributed by atoms with Gasteiger partial charge in [-0.15, -0.1) is 11.3 Å². The summed E-state index contributed by atoms with van der Waals surface area (Å²) in [4.78, 5) is 2.63. The Morgan fingerprint density at radius 3 is 2.42 bits per heavy atom. The van der Waals surface area contributed by atoms with Crippen molar-refractivity contribution in [3.63, 3.8) is 0 Å². The molecule has 0 saturated heterocycles. The van der Waals surface area contributed by atoms with Crippen LogP contribution in [0.4, 0.5) is 0 Å². The van der Waals surface area contributed by atoms with E-state index >= 15 is 0 Å². The molecule has 0 aliphatic carbocycles. The van der Waals surface area contributed by atoms with Crippen molar-refractivity contribution in [2.75, 3.05) is 0 Å². The predicted molar refractivity (Wildman–Crippen MR) is 80.1 cm³/mol. The third kappa shape index (κ3) is 4.10. The molecule has 0 aliphatic rings. The zero-order chi connectivity index (χ0) is 13.7. The lowest BCUT2D eigenvalue weighted by molar-refractivity contribution is 0.310. The van der Waals surface area contributed by atoms with Crippen LogP contribution in [-0.4, -0.2) is 5.84 Å². The van der Waals surface area contributed by atoms with Gasteiger partial charge in [-0.05, 0) is 36.2 Å². The van der Waals surface area contributed by atoms with Gasteiger partial charge in [-0.3, -0.25) is 5.41 Å². The normalized spacial score (nSPS) is 10.4. The Hall–Kier alpha value is -1.81. The van der Waals surface area contributed by atoms with Gasteiger partial charge in [0.25, 0.3) is 0 Å². The number of hydrogen-bond acceptors (Lipinski definition) is 3. The zero-order valence-corrected chi connectivity index (χ0v) is 11.8. The Bertz CT molecular complexity index is 546. The molecule has 0 aliphatic heterocycles. The molecule has 0 atom stereocenters. The van der Waals surface area contributed by atoms with Crippen molar-refractivity contribution >= 4 is 17.2 Å². The molecule has 4 heteroatoms. The van der Waals surface area contributed by atoms with Gasteiger partial charge in [-0.2, -0.15) is 0 Å². The van der Waals surface area contributed by atoms with Crippen LogP contribution in [-0.2, 0) is 19.4 Å². The monoisotopic (exact) mass is 274 g/mol. The fraction of sp³-hybridized carbons (Fsp3) is 0.267. The maximum atomic E-state index is 7.25. The van der Waals surface area contributed by atoms with Crippen LogP contribution in [0.15, 0.2) is 36.4 Å². The molecule has 0 saturated carbocycles. The summed E-state index contributed by atoms with van der Waals surface area (Å²) in [5.74, 6) is 1.03. The van der Waals surface area contributed by atoms with E-state index in [0.29, 0.717) is 13.0 Å². The summed E-state index contributed by atoms with van der Waals surface area (Å²) in [5.41, 5.74) is 6.40. The highest BCUT2D eigenvalue weighted by Gasteiger charge is 2.01. The number of thiophene rings is 1. The molecule has 3 nitrogen and oxygen atoms in total. The van der Waals surface area contributed by atoms with Gasteiger partial charge >= 0.3 is 0 Å². The lowest BCUT2D eigenvalue weighted by Gasteiger charge is -2.05. The number of benzene rings is 1. The summed E-state index contributed by atoms with van der Waals surface area (Å²) < 4.78 is 5.74. The summed E-state index contributed by atoms with van der Waals surface area (Å²) in [6.45, 7) is 2.76. The Morgan fingerprint density at radius 2 is 1.84 bits per heavy atom. The molecule has 3 N–H and O–H groups in total. The van der Waals surface area contributed by atoms with Crippen LogP contribution >= 0.6 is 11.3 Å². The van der Waals surface area contributed by atoms with Gasteiger partial charge in [0.1, 0.15) is 12.4 Å². The minimum Gasteiger partial charge on any atom is -0.488 e. The van der Waals surface area contributed by atoms with Gasteiger partial charge in [0, 0.05) is 16.2 Å². The smallest absolute Gasteiger partial charge is 0.122 e. The fourth-order valence-electron chi connectivity index (χ4n) is 1.77. The summed E-state index contributed by atoms with van der Waals surface area (Å²) in [6, 6.07) is 12.0. The first-order chi connectivity index (χ1) is 9.17. The first-order valence-electron chi connectivity index (χ1n) is 6.29. The SMILES string of the molecule is CCc1ccc(COc2ccc(CC(=N)N)cc2)s1. The topological polar surface area (TPSA) is 59.1 Å². The summed E-state index contributed by atoms with van der Waals surface area (Å²) in [5, 5.41) is 7.25. The predicted octanol–water partition coefficient (Wildman–Crippen LogP) is 3.37. The van der Waals surface area contributed by atoms with E-state index in [2.05, 4.69) is 19.1 Å². The Labute approximate surface area is 117 Å². The van der Waals surface area contributed by atoms with E-state index in [1.54, 1.807) is 11.3 Å². The molecule has 0 spiro atoms. The quantitative estimate of drug-likeness (QED) is 0.626. The zero-order valence-electron chi connectivity index (χ0n) is 11.0. The van der Waals surface area contributed by atoms with Crippen molar-refractivity contribution in [2.45, 2.75) is 26.4 Å². The second-order valence-corrected chi connectivity index (χ2v) is 5.61. The number of ether oxygens (including phenoxy) is 1. The van der Waals surface area contributed by atoms with Crippen molar-refractivity contribution in [2.24, 2.45) is 5.73 Å². The molecule has 0 radical (unpaired) electrons. The van der Waals surface area contributed by atoms with Crippen molar-refractivity contribution in [1.29, 1.82) is 5.41 Å². The second-order valence-electron chi connectivity index (χ2n) is 4.36. The third-order valence-electron chi connectivity index (χ3n) is 2.76. The molecule has 0 bridgehead atoms. The van der Waals surface area contributed by atoms with Crippen molar-refractivity contribution in [3.8, 4) is 5.75 Å². The van der Waals surface area contributed by atoms with Gasteiger partial charge in [-0.1, -0.05) is 19.1 Å². The van der Waals surface area contributed by atoms with Crippen LogP contribution in [0.5, 0.6) is 5.75 Å². The maximum absolute atomic E-state index is 7.25. The molecule has 2 aromatic rings. The van der Waals surface area contributed by atoms with Crippen LogP contribution in [0.25, 0.3) is 0 Å². The van der Waals surface area contributed by atoms with Crippen molar-refractivity contribution < 1.29 is 4.74 Å². The van der Waals surface area contributed by atoms with E-state index in [-0.39, 0.29) is 5.84 Å². The van der Waals surface area contributed by atoms with E-state index in [9.17, 15) is 0 Å². The molecular formula is C15H18N2OS. The van der Waals surface area contributed by atoms with Gasteiger partial charge < -0.3 is 10.5 Å². The molecule has 1 aromatic carbocycles. The van der Waals surface area contributed by atoms with Gasteiger partial charge in [-0.25, -0.2) is 0 Å². The molecule has 100 valence electrons. The lowest BCUT2D eigenvalue weighted by Crippen LogP contribution is -2.12. The summed E-state index contributed by atoms with van der Waals surface area (Å²) in [6.07, 6.45) is 1.56. The average molecular weight is 274 g/mol. The summed E-state index contributed by atoms with van der Waals surface area (Å²) >= 11 is 1.79. The standard InChI is InChI=1S/C15H18N2OS/c1-2-13-7-8-14(19-13)10-18-12-5-3-11(4-6-12)9-15(16)17/h3-8H,2,9-10H2,1H3,(H3,16,17). The van der Waals surface area contributed by atoms with Crippen LogP contribution in [0.2, 0.25) is 0 Å². The molecule has 0 unspecified atom stereocenters. The lowest BCUT2D eigenvalue weighted by atomic mass is 10.1. The first kappa shape index (κ1) is 13.6. The van der Waals surface area contributed by atoms with E-state index in [4.69, 9.17) is 15.9 Å². The van der Waals surface area contributed by atoms with Crippen molar-refractivity contribution in [3.05, 3.63) is 51.7 Å². The molecule has 2 rings (SSSR count). The van der Waals surface area contributed by atoms with Crippen LogP contribution in [0.3, 0.4) is 0 Å². The molecule has 0 amide bonds. The van der Waals surface area contributed by atoms with Crippen molar-refractivity contribution in [1.82, 2.24) is 0 Å². The van der Waals surface area contributed by atoms with Gasteiger partial charge in [0.05, 0.1) is 5.84 Å². The minimum absolute atomic E-state index is 0.180. The molecular weight excluding hydrogens is 256 g/mol. The molecule has 19 heavy (non-hydrogen) atoms. The average Bonchev–Trinajstić information content (AvgIpc) is 2.85. The third-order valence-corrected chi connectivity index (χ3v) is 3.97. The van der Waals surface area contributed by atoms with E-state index in [0.717, 1.165) is 17.7 Å². The maximum Gasteiger partial charge on any atom is 0.122 e. The van der Waals surface area contributed by atoms with Gasteiger partial charge in [0.15, 0.2) is 0 Å². The largest absolute Gasteiger partial charge is 0.488 e. The second kappa shape index (κ2) is 6.38.